The third-order valence-corrected chi connectivity index (χ3v) is 5.10. The molecule has 4 rings (SSSR count). The maximum absolute atomic E-state index is 13.1. The highest BCUT2D eigenvalue weighted by Crippen LogP contribution is 2.18. The summed E-state index contributed by atoms with van der Waals surface area (Å²) in [5.74, 6) is 0.162. The van der Waals surface area contributed by atoms with Gasteiger partial charge in [0.15, 0.2) is 0 Å². The van der Waals surface area contributed by atoms with Crippen LogP contribution < -0.4 is 0 Å². The van der Waals surface area contributed by atoms with Crippen LogP contribution in [0.3, 0.4) is 0 Å². The van der Waals surface area contributed by atoms with Gasteiger partial charge < -0.3 is 14.7 Å². The van der Waals surface area contributed by atoms with Gasteiger partial charge in [0.2, 0.25) is 11.7 Å². The number of hydrogen-bond acceptors (Lipinski definition) is 7. The minimum Gasteiger partial charge on any atom is -0.340 e. The molecule has 1 fully saturated rings. The first-order valence-electron chi connectivity index (χ1n) is 9.00. The zero-order valence-corrected chi connectivity index (χ0v) is 15.5. The summed E-state index contributed by atoms with van der Waals surface area (Å²) >= 11 is 0. The van der Waals surface area contributed by atoms with Crippen molar-refractivity contribution in [2.24, 2.45) is 13.0 Å². The fourth-order valence-electron chi connectivity index (χ4n) is 3.51. The number of aryl methyl sites for hydroxylation is 1. The number of hydrogen-bond donors (Lipinski definition) is 0. The molecule has 27 heavy (non-hydrogen) atoms. The number of aromatic nitrogens is 6. The van der Waals surface area contributed by atoms with Gasteiger partial charge in [0.05, 0.1) is 19.0 Å². The Morgan fingerprint density at radius 2 is 1.81 bits per heavy atom. The number of fused-ring (bicyclic) bond motifs is 1. The van der Waals surface area contributed by atoms with Crippen molar-refractivity contribution in [1.82, 2.24) is 44.2 Å². The summed E-state index contributed by atoms with van der Waals surface area (Å²) in [4.78, 5) is 40.0. The summed E-state index contributed by atoms with van der Waals surface area (Å²) in [5, 5.41) is 8.33. The lowest BCUT2D eigenvalue weighted by molar-refractivity contribution is -0.138. The molecule has 11 nitrogen and oxygen atoms in total. The monoisotopic (exact) mass is 373 g/mol. The molecule has 4 heterocycles. The normalized spacial score (nSPS) is 21.0. The van der Waals surface area contributed by atoms with Crippen LogP contribution in [0.1, 0.15) is 16.4 Å². The van der Waals surface area contributed by atoms with E-state index in [0.29, 0.717) is 32.0 Å². The Labute approximate surface area is 156 Å². The summed E-state index contributed by atoms with van der Waals surface area (Å²) in [6.45, 7) is 4.11. The average molecular weight is 373 g/mol. The second-order valence-electron chi connectivity index (χ2n) is 7.11. The lowest BCUT2D eigenvalue weighted by Crippen LogP contribution is -2.51. The first-order valence-corrected chi connectivity index (χ1v) is 9.00. The maximum atomic E-state index is 13.1. The molecule has 0 N–H and O–H groups in total. The highest BCUT2D eigenvalue weighted by molar-refractivity contribution is 5.91. The van der Waals surface area contributed by atoms with Gasteiger partial charge in [0.25, 0.3) is 5.91 Å². The molecule has 2 amide bonds. The number of rotatable bonds is 2. The van der Waals surface area contributed by atoms with Crippen molar-refractivity contribution in [2.45, 2.75) is 13.1 Å². The van der Waals surface area contributed by atoms with Crippen molar-refractivity contribution in [2.75, 3.05) is 39.8 Å². The van der Waals surface area contributed by atoms with E-state index in [0.717, 1.165) is 13.1 Å². The van der Waals surface area contributed by atoms with Crippen LogP contribution >= 0.6 is 0 Å². The van der Waals surface area contributed by atoms with Gasteiger partial charge >= 0.3 is 0 Å². The van der Waals surface area contributed by atoms with E-state index in [2.05, 4.69) is 32.1 Å². The molecule has 0 aliphatic carbocycles. The molecule has 2 aromatic rings. The van der Waals surface area contributed by atoms with Gasteiger partial charge in [-0.05, 0) is 7.05 Å². The van der Waals surface area contributed by atoms with E-state index in [9.17, 15) is 9.59 Å². The van der Waals surface area contributed by atoms with Crippen molar-refractivity contribution < 1.29 is 9.59 Å². The fraction of sp³-hybridized carbons (Fsp3) is 0.625. The molecule has 0 bridgehead atoms. The van der Waals surface area contributed by atoms with E-state index in [1.165, 1.54) is 17.3 Å². The molecule has 144 valence electrons. The van der Waals surface area contributed by atoms with Gasteiger partial charge in [-0.15, -0.1) is 5.10 Å². The standard InChI is InChI=1S/C16H23N9O2/c1-21-3-5-23(6-4-21)15(26)12-7-24(9-13-17-10-19-25(13)8-12)16(27)14-18-11-22(2)20-14/h10-12H,3-9H2,1-2H3. The second kappa shape index (κ2) is 7.06. The van der Waals surface area contributed by atoms with Crippen LogP contribution in [0.2, 0.25) is 0 Å². The van der Waals surface area contributed by atoms with Gasteiger partial charge in [-0.3, -0.25) is 14.3 Å². The van der Waals surface area contributed by atoms with E-state index in [1.54, 1.807) is 16.6 Å². The van der Waals surface area contributed by atoms with Gasteiger partial charge in [0, 0.05) is 39.8 Å². The molecule has 1 atom stereocenters. The van der Waals surface area contributed by atoms with Crippen LogP contribution in [0, 0.1) is 5.92 Å². The summed E-state index contributed by atoms with van der Waals surface area (Å²) in [5.41, 5.74) is 0. The maximum Gasteiger partial charge on any atom is 0.293 e. The number of nitrogens with zero attached hydrogens (tertiary/aromatic N) is 9. The van der Waals surface area contributed by atoms with E-state index < -0.39 is 0 Å². The summed E-state index contributed by atoms with van der Waals surface area (Å²) in [6.07, 6.45) is 2.94. The van der Waals surface area contributed by atoms with Gasteiger partial charge in [0.1, 0.15) is 18.5 Å². The smallest absolute Gasteiger partial charge is 0.293 e. The lowest BCUT2D eigenvalue weighted by Gasteiger charge is -2.35. The molecule has 2 aliphatic rings. The molecule has 1 unspecified atom stereocenters. The number of piperazine rings is 1. The molecular formula is C16H23N9O2. The molecule has 2 aliphatic heterocycles. The SMILES string of the molecule is CN1CCN(C(=O)C2CN(C(=O)c3ncn(C)n3)Cc3ncnn3C2)CC1. The summed E-state index contributed by atoms with van der Waals surface area (Å²) in [6, 6.07) is 0. The second-order valence-corrected chi connectivity index (χ2v) is 7.11. The van der Waals surface area contributed by atoms with E-state index in [1.807, 2.05) is 4.90 Å². The third-order valence-electron chi connectivity index (χ3n) is 5.10. The first kappa shape index (κ1) is 17.6. The van der Waals surface area contributed by atoms with E-state index >= 15 is 0 Å². The van der Waals surface area contributed by atoms with Crippen LogP contribution in [0.4, 0.5) is 0 Å². The Morgan fingerprint density at radius 3 is 2.52 bits per heavy atom. The van der Waals surface area contributed by atoms with E-state index in [-0.39, 0.29) is 30.1 Å². The quantitative estimate of drug-likeness (QED) is 0.628. The Balaban J connectivity index is 1.56. The van der Waals surface area contributed by atoms with Crippen LogP contribution in [-0.2, 0) is 24.9 Å². The number of carbonyl (C=O) groups excluding carboxylic acids is 2. The van der Waals surface area contributed by atoms with Crippen LogP contribution in [0.15, 0.2) is 12.7 Å². The van der Waals surface area contributed by atoms with Crippen molar-refractivity contribution in [3.05, 3.63) is 24.3 Å². The molecule has 0 spiro atoms. The number of amides is 2. The van der Waals surface area contributed by atoms with Gasteiger partial charge in [-0.1, -0.05) is 0 Å². The van der Waals surface area contributed by atoms with Gasteiger partial charge in [-0.2, -0.15) is 5.10 Å². The first-order chi connectivity index (χ1) is 13.0. The van der Waals surface area contributed by atoms with Gasteiger partial charge in [-0.25, -0.2) is 14.6 Å². The molecule has 11 heteroatoms. The molecule has 0 saturated carbocycles. The minimum atomic E-state index is -0.371. The van der Waals surface area contributed by atoms with Crippen molar-refractivity contribution >= 4 is 11.8 Å². The van der Waals surface area contributed by atoms with Crippen molar-refractivity contribution in [3.63, 3.8) is 0 Å². The highest BCUT2D eigenvalue weighted by Gasteiger charge is 2.34. The average Bonchev–Trinajstić information content (AvgIpc) is 3.25. The topological polar surface area (TPSA) is 105 Å². The number of likely N-dealkylation sites (N-methyl/N-ethyl adjacent to an activating group) is 1. The number of carbonyl (C=O) groups is 2. The molecular weight excluding hydrogens is 350 g/mol. The van der Waals surface area contributed by atoms with E-state index in [4.69, 9.17) is 0 Å². The Bertz CT molecular complexity index is 837. The van der Waals surface area contributed by atoms with Crippen molar-refractivity contribution in [1.29, 1.82) is 0 Å². The fourth-order valence-corrected chi connectivity index (χ4v) is 3.51. The third kappa shape index (κ3) is 3.54. The lowest BCUT2D eigenvalue weighted by atomic mass is 10.1. The largest absolute Gasteiger partial charge is 0.340 e. The molecule has 0 aromatic carbocycles. The summed E-state index contributed by atoms with van der Waals surface area (Å²) < 4.78 is 3.21. The summed E-state index contributed by atoms with van der Waals surface area (Å²) in [7, 11) is 3.76. The highest BCUT2D eigenvalue weighted by atomic mass is 16.2. The van der Waals surface area contributed by atoms with Crippen LogP contribution in [0.5, 0.6) is 0 Å². The minimum absolute atomic E-state index is 0.0539. The molecule has 2 aromatic heterocycles. The van der Waals surface area contributed by atoms with Crippen LogP contribution in [-0.4, -0.2) is 95.8 Å². The Morgan fingerprint density at radius 1 is 1.04 bits per heavy atom. The zero-order valence-electron chi connectivity index (χ0n) is 15.5. The van der Waals surface area contributed by atoms with Crippen LogP contribution in [0.25, 0.3) is 0 Å². The zero-order chi connectivity index (χ0) is 19.0. The predicted octanol–water partition coefficient (Wildman–Crippen LogP) is -1.55. The molecule has 1 saturated heterocycles. The van der Waals surface area contributed by atoms with Crippen molar-refractivity contribution in [3.8, 4) is 0 Å². The Hall–Kier alpha value is -2.82. The molecule has 0 radical (unpaired) electrons. The predicted molar refractivity (Wildman–Crippen MR) is 93.3 cm³/mol. The Kier molecular flexibility index (Phi) is 4.60.